The smallest absolute Gasteiger partial charge is 0.0577 e. The minimum Gasteiger partial charge on any atom is -0.309 e. The van der Waals surface area contributed by atoms with E-state index in [-0.39, 0.29) is 0 Å². The quantitative estimate of drug-likeness (QED) is 0.639. The first kappa shape index (κ1) is 9.83. The summed E-state index contributed by atoms with van der Waals surface area (Å²) in [5.74, 6) is 6.20. The van der Waals surface area contributed by atoms with Crippen molar-refractivity contribution in [3.8, 4) is 11.8 Å². The van der Waals surface area contributed by atoms with Crippen LogP contribution < -0.4 is 5.32 Å². The third kappa shape index (κ3) is 2.93. The lowest BCUT2D eigenvalue weighted by molar-refractivity contribution is 0.938. The number of rotatable bonds is 1. The molecule has 0 fully saturated rings. The summed E-state index contributed by atoms with van der Waals surface area (Å²) in [7, 11) is 1.90. The molecule has 0 heterocycles. The van der Waals surface area contributed by atoms with Crippen molar-refractivity contribution >= 4 is 0 Å². The van der Waals surface area contributed by atoms with E-state index in [9.17, 15) is 0 Å². The third-order valence-corrected chi connectivity index (χ3v) is 1.88. The molecule has 1 aromatic rings. The van der Waals surface area contributed by atoms with Crippen molar-refractivity contribution in [3.63, 3.8) is 0 Å². The predicted molar refractivity (Wildman–Crippen MR) is 56.7 cm³/mol. The van der Waals surface area contributed by atoms with E-state index in [1.165, 1.54) is 11.1 Å². The summed E-state index contributed by atoms with van der Waals surface area (Å²) in [5, 5.41) is 3.00. The van der Waals surface area contributed by atoms with Gasteiger partial charge in [0.25, 0.3) is 0 Å². The molecule has 0 aliphatic carbocycles. The van der Waals surface area contributed by atoms with Gasteiger partial charge in [-0.05, 0) is 38.1 Å². The molecule has 0 aromatic heterocycles. The highest BCUT2D eigenvalue weighted by molar-refractivity contribution is 5.42. The second-order valence-corrected chi connectivity index (χ2v) is 3.15. The average molecular weight is 173 g/mol. The highest BCUT2D eigenvalue weighted by atomic mass is 14.8. The zero-order chi connectivity index (χ0) is 9.68. The van der Waals surface area contributed by atoms with Crippen LogP contribution in [0.25, 0.3) is 0 Å². The van der Waals surface area contributed by atoms with Crippen LogP contribution in [0.5, 0.6) is 0 Å². The summed E-state index contributed by atoms with van der Waals surface area (Å²) in [6.07, 6.45) is 0. The number of aryl methyl sites for hydroxylation is 2. The van der Waals surface area contributed by atoms with E-state index in [2.05, 4.69) is 49.2 Å². The Morgan fingerprint density at radius 2 is 2.08 bits per heavy atom. The van der Waals surface area contributed by atoms with Gasteiger partial charge in [0.1, 0.15) is 0 Å². The van der Waals surface area contributed by atoms with Crippen molar-refractivity contribution in [3.05, 3.63) is 34.9 Å². The van der Waals surface area contributed by atoms with Gasteiger partial charge < -0.3 is 5.32 Å². The maximum atomic E-state index is 3.14. The molecular weight excluding hydrogens is 158 g/mol. The monoisotopic (exact) mass is 173 g/mol. The third-order valence-electron chi connectivity index (χ3n) is 1.88. The van der Waals surface area contributed by atoms with Crippen LogP contribution in [0, 0.1) is 25.7 Å². The maximum Gasteiger partial charge on any atom is 0.0577 e. The van der Waals surface area contributed by atoms with Gasteiger partial charge in [0.05, 0.1) is 6.54 Å². The Bertz CT molecular complexity index is 342. The van der Waals surface area contributed by atoms with Gasteiger partial charge in [-0.1, -0.05) is 24.0 Å². The minimum atomic E-state index is 0.743. The lowest BCUT2D eigenvalue weighted by atomic mass is 10.1. The SMILES string of the molecule is CNCC#Cc1cc(C)ccc1C. The second kappa shape index (κ2) is 4.69. The molecule has 1 heteroatoms. The number of hydrogen-bond donors (Lipinski definition) is 1. The Labute approximate surface area is 80.2 Å². The van der Waals surface area contributed by atoms with Gasteiger partial charge in [-0.15, -0.1) is 0 Å². The Kier molecular flexibility index (Phi) is 3.54. The zero-order valence-corrected chi connectivity index (χ0v) is 8.44. The van der Waals surface area contributed by atoms with Crippen molar-refractivity contribution in [1.29, 1.82) is 0 Å². The average Bonchev–Trinajstić information content (AvgIpc) is 2.11. The van der Waals surface area contributed by atoms with Crippen molar-refractivity contribution in [2.75, 3.05) is 13.6 Å². The van der Waals surface area contributed by atoms with Gasteiger partial charge in [0.2, 0.25) is 0 Å². The Balaban J connectivity index is 2.89. The Morgan fingerprint density at radius 1 is 1.31 bits per heavy atom. The summed E-state index contributed by atoms with van der Waals surface area (Å²) < 4.78 is 0. The standard InChI is InChI=1S/C12H15N/c1-10-6-7-11(2)12(9-10)5-4-8-13-3/h6-7,9,13H,8H2,1-3H3. The van der Waals surface area contributed by atoms with E-state index in [4.69, 9.17) is 0 Å². The molecular formula is C12H15N. The molecule has 0 radical (unpaired) electrons. The van der Waals surface area contributed by atoms with E-state index in [1.54, 1.807) is 0 Å². The first-order chi connectivity index (χ1) is 6.24. The van der Waals surface area contributed by atoms with Crippen LogP contribution in [0.4, 0.5) is 0 Å². The van der Waals surface area contributed by atoms with Crippen molar-refractivity contribution in [2.45, 2.75) is 13.8 Å². The van der Waals surface area contributed by atoms with Crippen LogP contribution in [0.15, 0.2) is 18.2 Å². The number of hydrogen-bond acceptors (Lipinski definition) is 1. The van der Waals surface area contributed by atoms with Gasteiger partial charge in [0, 0.05) is 5.56 Å². The molecule has 0 unspecified atom stereocenters. The fourth-order valence-corrected chi connectivity index (χ4v) is 1.10. The molecule has 1 aromatic carbocycles. The largest absolute Gasteiger partial charge is 0.309 e. The minimum absolute atomic E-state index is 0.743. The second-order valence-electron chi connectivity index (χ2n) is 3.15. The van der Waals surface area contributed by atoms with Crippen LogP contribution in [0.1, 0.15) is 16.7 Å². The fourth-order valence-electron chi connectivity index (χ4n) is 1.10. The normalized spacial score (nSPS) is 9.15. The summed E-state index contributed by atoms with van der Waals surface area (Å²) >= 11 is 0. The van der Waals surface area contributed by atoms with Gasteiger partial charge in [-0.25, -0.2) is 0 Å². The Morgan fingerprint density at radius 3 is 2.77 bits per heavy atom. The maximum absolute atomic E-state index is 3.14. The van der Waals surface area contributed by atoms with Crippen LogP contribution in [0.3, 0.4) is 0 Å². The van der Waals surface area contributed by atoms with E-state index in [0.29, 0.717) is 0 Å². The molecule has 13 heavy (non-hydrogen) atoms. The lowest BCUT2D eigenvalue weighted by Gasteiger charge is -1.98. The van der Waals surface area contributed by atoms with Crippen LogP contribution in [0.2, 0.25) is 0 Å². The van der Waals surface area contributed by atoms with Crippen LogP contribution >= 0.6 is 0 Å². The zero-order valence-electron chi connectivity index (χ0n) is 8.44. The van der Waals surface area contributed by atoms with E-state index >= 15 is 0 Å². The van der Waals surface area contributed by atoms with Gasteiger partial charge in [0.15, 0.2) is 0 Å². The van der Waals surface area contributed by atoms with Crippen molar-refractivity contribution in [2.24, 2.45) is 0 Å². The Hall–Kier alpha value is -1.26. The topological polar surface area (TPSA) is 12.0 Å². The molecule has 1 nitrogen and oxygen atoms in total. The van der Waals surface area contributed by atoms with Crippen LogP contribution in [-0.4, -0.2) is 13.6 Å². The molecule has 1 N–H and O–H groups in total. The van der Waals surface area contributed by atoms with Crippen molar-refractivity contribution in [1.82, 2.24) is 5.32 Å². The number of nitrogens with one attached hydrogen (secondary N) is 1. The summed E-state index contributed by atoms with van der Waals surface area (Å²) in [5.41, 5.74) is 3.64. The van der Waals surface area contributed by atoms with Gasteiger partial charge in [-0.2, -0.15) is 0 Å². The first-order valence-corrected chi connectivity index (χ1v) is 4.45. The molecule has 0 aliphatic rings. The summed E-state index contributed by atoms with van der Waals surface area (Å²) in [4.78, 5) is 0. The highest BCUT2D eigenvalue weighted by Crippen LogP contribution is 2.08. The van der Waals surface area contributed by atoms with Crippen molar-refractivity contribution < 1.29 is 0 Å². The molecule has 0 atom stereocenters. The van der Waals surface area contributed by atoms with E-state index in [1.807, 2.05) is 7.05 Å². The molecule has 0 saturated heterocycles. The molecule has 0 saturated carbocycles. The van der Waals surface area contributed by atoms with Crippen LogP contribution in [-0.2, 0) is 0 Å². The first-order valence-electron chi connectivity index (χ1n) is 4.45. The lowest BCUT2D eigenvalue weighted by Crippen LogP contribution is -2.04. The summed E-state index contributed by atoms with van der Waals surface area (Å²) in [6.45, 7) is 4.92. The molecule has 1 rings (SSSR count). The molecule has 0 amide bonds. The van der Waals surface area contributed by atoms with E-state index in [0.717, 1.165) is 12.1 Å². The fraction of sp³-hybridized carbons (Fsp3) is 0.333. The van der Waals surface area contributed by atoms with Gasteiger partial charge in [-0.3, -0.25) is 0 Å². The number of benzene rings is 1. The molecule has 0 aliphatic heterocycles. The molecule has 0 spiro atoms. The summed E-state index contributed by atoms with van der Waals surface area (Å²) in [6, 6.07) is 6.34. The van der Waals surface area contributed by atoms with Gasteiger partial charge >= 0.3 is 0 Å². The predicted octanol–water partition coefficient (Wildman–Crippen LogP) is 1.87. The highest BCUT2D eigenvalue weighted by Gasteiger charge is 1.93. The molecule has 0 bridgehead atoms. The van der Waals surface area contributed by atoms with E-state index < -0.39 is 0 Å². The molecule has 68 valence electrons.